The zero-order chi connectivity index (χ0) is 25.1. The summed E-state index contributed by atoms with van der Waals surface area (Å²) in [6, 6.07) is 24.5. The number of urea groups is 1. The van der Waals surface area contributed by atoms with Gasteiger partial charge in [-0.1, -0.05) is 72.8 Å². The molecule has 1 aliphatic heterocycles. The summed E-state index contributed by atoms with van der Waals surface area (Å²) in [5.41, 5.74) is 0.333. The monoisotopic (exact) mass is 478 g/mol. The van der Waals surface area contributed by atoms with Gasteiger partial charge in [-0.15, -0.1) is 0 Å². The third kappa shape index (κ3) is 5.03. The van der Waals surface area contributed by atoms with E-state index in [0.717, 1.165) is 9.80 Å². The number of nitrogens with zero attached hydrogens (tertiary/aromatic N) is 3. The molecule has 1 heterocycles. The molecule has 1 fully saturated rings. The summed E-state index contributed by atoms with van der Waals surface area (Å²) in [5.74, 6) is -0.660. The van der Waals surface area contributed by atoms with Crippen molar-refractivity contribution in [1.29, 1.82) is 5.26 Å². The van der Waals surface area contributed by atoms with E-state index in [-0.39, 0.29) is 6.54 Å². The van der Waals surface area contributed by atoms with Crippen molar-refractivity contribution in [3.05, 3.63) is 107 Å². The van der Waals surface area contributed by atoms with Crippen LogP contribution < -0.4 is 5.32 Å². The minimum atomic E-state index is -4.55. The van der Waals surface area contributed by atoms with Crippen LogP contribution in [0.1, 0.15) is 22.3 Å². The third-order valence-corrected chi connectivity index (χ3v) is 5.75. The van der Waals surface area contributed by atoms with Gasteiger partial charge < -0.3 is 5.32 Å². The lowest BCUT2D eigenvalue weighted by Gasteiger charge is -2.30. The van der Waals surface area contributed by atoms with Crippen LogP contribution >= 0.6 is 0 Å². The fourth-order valence-electron chi connectivity index (χ4n) is 4.19. The first-order valence-corrected chi connectivity index (χ1v) is 10.8. The van der Waals surface area contributed by atoms with Gasteiger partial charge in [0.25, 0.3) is 5.91 Å². The Labute approximate surface area is 200 Å². The Hall–Kier alpha value is -4.16. The van der Waals surface area contributed by atoms with Gasteiger partial charge in [-0.05, 0) is 28.8 Å². The third-order valence-electron chi connectivity index (χ3n) is 5.75. The summed E-state index contributed by atoms with van der Waals surface area (Å²) in [7, 11) is 0. The SMILES string of the molecule is N#Cc1ccc(CN(CN2C(=O)NC(c3ccccc3)(c3ccccc3)C2=O)CC(F)(F)F)cc1. The van der Waals surface area contributed by atoms with Gasteiger partial charge in [0.05, 0.1) is 24.8 Å². The molecule has 0 aliphatic carbocycles. The van der Waals surface area contributed by atoms with Gasteiger partial charge in [0.1, 0.15) is 0 Å². The highest BCUT2D eigenvalue weighted by Crippen LogP contribution is 2.36. The second kappa shape index (κ2) is 9.60. The van der Waals surface area contributed by atoms with Crippen molar-refractivity contribution in [2.24, 2.45) is 0 Å². The number of carbonyl (C=O) groups is 2. The molecule has 0 bridgehead atoms. The number of imide groups is 1. The predicted molar refractivity (Wildman–Crippen MR) is 122 cm³/mol. The molecule has 3 aromatic rings. The number of nitrogens with one attached hydrogen (secondary N) is 1. The first-order chi connectivity index (χ1) is 16.7. The van der Waals surface area contributed by atoms with Gasteiger partial charge in [0, 0.05) is 6.54 Å². The molecule has 6 nitrogen and oxygen atoms in total. The van der Waals surface area contributed by atoms with Crippen molar-refractivity contribution < 1.29 is 22.8 Å². The Morgan fingerprint density at radius 2 is 1.43 bits per heavy atom. The minimum Gasteiger partial charge on any atom is -0.315 e. The average Bonchev–Trinajstić information content (AvgIpc) is 3.10. The van der Waals surface area contributed by atoms with Crippen LogP contribution in [0.15, 0.2) is 84.9 Å². The van der Waals surface area contributed by atoms with E-state index >= 15 is 0 Å². The molecular formula is C26H21F3N4O2. The van der Waals surface area contributed by atoms with Crippen molar-refractivity contribution >= 4 is 11.9 Å². The molecule has 35 heavy (non-hydrogen) atoms. The highest BCUT2D eigenvalue weighted by molar-refractivity contribution is 6.09. The van der Waals surface area contributed by atoms with Crippen LogP contribution in [-0.4, -0.2) is 41.1 Å². The van der Waals surface area contributed by atoms with Crippen LogP contribution in [0.2, 0.25) is 0 Å². The zero-order valence-corrected chi connectivity index (χ0v) is 18.5. The number of rotatable bonds is 7. The van der Waals surface area contributed by atoms with Crippen LogP contribution in [0.4, 0.5) is 18.0 Å². The largest absolute Gasteiger partial charge is 0.401 e. The standard InChI is InChI=1S/C26H21F3N4O2/c27-25(28,29)17-32(16-20-13-11-19(15-30)12-14-20)18-33-23(34)26(31-24(33)35,21-7-3-1-4-8-21)22-9-5-2-6-10-22/h1-14H,16-18H2,(H,31,35). The van der Waals surface area contributed by atoms with Gasteiger partial charge >= 0.3 is 12.2 Å². The summed E-state index contributed by atoms with van der Waals surface area (Å²) in [6.07, 6.45) is -4.55. The highest BCUT2D eigenvalue weighted by Gasteiger charge is 2.54. The van der Waals surface area contributed by atoms with Gasteiger partial charge in [0.2, 0.25) is 0 Å². The normalized spacial score (nSPS) is 15.2. The molecule has 0 unspecified atom stereocenters. The van der Waals surface area contributed by atoms with E-state index in [0.29, 0.717) is 22.3 Å². The number of carbonyl (C=O) groups excluding carboxylic acids is 2. The molecule has 1 aliphatic rings. The van der Waals surface area contributed by atoms with E-state index < -0.39 is 36.9 Å². The van der Waals surface area contributed by atoms with E-state index in [1.807, 2.05) is 6.07 Å². The summed E-state index contributed by atoms with van der Waals surface area (Å²) >= 11 is 0. The highest BCUT2D eigenvalue weighted by atomic mass is 19.4. The topological polar surface area (TPSA) is 76.4 Å². The summed E-state index contributed by atoms with van der Waals surface area (Å²) in [4.78, 5) is 28.6. The van der Waals surface area contributed by atoms with Gasteiger partial charge in [-0.3, -0.25) is 9.69 Å². The van der Waals surface area contributed by atoms with Crippen LogP contribution in [0.3, 0.4) is 0 Å². The molecule has 1 saturated heterocycles. The molecule has 0 radical (unpaired) electrons. The lowest BCUT2D eigenvalue weighted by Crippen LogP contribution is -2.47. The van der Waals surface area contributed by atoms with Crippen molar-refractivity contribution in [2.75, 3.05) is 13.2 Å². The van der Waals surface area contributed by atoms with Crippen LogP contribution in [-0.2, 0) is 16.9 Å². The second-order valence-corrected chi connectivity index (χ2v) is 8.20. The molecule has 0 spiro atoms. The average molecular weight is 478 g/mol. The number of alkyl halides is 3. The first-order valence-electron chi connectivity index (χ1n) is 10.8. The molecule has 1 N–H and O–H groups in total. The number of halogens is 3. The second-order valence-electron chi connectivity index (χ2n) is 8.20. The first kappa shape index (κ1) is 24.0. The molecule has 3 amide bonds. The Kier molecular flexibility index (Phi) is 6.58. The number of hydrogen-bond donors (Lipinski definition) is 1. The maximum atomic E-state index is 13.8. The van der Waals surface area contributed by atoms with E-state index in [4.69, 9.17) is 5.26 Å². The van der Waals surface area contributed by atoms with Crippen molar-refractivity contribution in [3.8, 4) is 6.07 Å². The number of nitriles is 1. The van der Waals surface area contributed by atoms with Gasteiger partial charge in [0.15, 0.2) is 5.54 Å². The van der Waals surface area contributed by atoms with E-state index in [2.05, 4.69) is 5.32 Å². The molecule has 0 saturated carbocycles. The molecule has 4 rings (SSSR count). The maximum Gasteiger partial charge on any atom is 0.401 e. The summed E-state index contributed by atoms with van der Waals surface area (Å²) in [5, 5.41) is 11.7. The summed E-state index contributed by atoms with van der Waals surface area (Å²) in [6.45, 7) is -2.06. The number of hydrogen-bond acceptors (Lipinski definition) is 4. The lowest BCUT2D eigenvalue weighted by molar-refractivity contribution is -0.154. The quantitative estimate of drug-likeness (QED) is 0.512. The van der Waals surface area contributed by atoms with Crippen LogP contribution in [0.25, 0.3) is 0 Å². The number of amides is 3. The van der Waals surface area contributed by atoms with Crippen molar-refractivity contribution in [1.82, 2.24) is 15.1 Å². The van der Waals surface area contributed by atoms with Gasteiger partial charge in [-0.25, -0.2) is 9.69 Å². The minimum absolute atomic E-state index is 0.175. The molecule has 0 aromatic heterocycles. The van der Waals surface area contributed by atoms with E-state index in [1.54, 1.807) is 72.8 Å². The fraction of sp³-hybridized carbons (Fsp3) is 0.192. The predicted octanol–water partition coefficient (Wildman–Crippen LogP) is 4.38. The van der Waals surface area contributed by atoms with E-state index in [9.17, 15) is 22.8 Å². The smallest absolute Gasteiger partial charge is 0.315 e. The van der Waals surface area contributed by atoms with Crippen LogP contribution in [0, 0.1) is 11.3 Å². The number of benzene rings is 3. The molecule has 0 atom stereocenters. The fourth-order valence-corrected chi connectivity index (χ4v) is 4.19. The zero-order valence-electron chi connectivity index (χ0n) is 18.5. The Balaban J connectivity index is 1.67. The maximum absolute atomic E-state index is 13.8. The molecular weight excluding hydrogens is 457 g/mol. The van der Waals surface area contributed by atoms with Crippen molar-refractivity contribution in [2.45, 2.75) is 18.3 Å². The molecule has 9 heteroatoms. The van der Waals surface area contributed by atoms with E-state index in [1.165, 1.54) is 12.1 Å². The Morgan fingerprint density at radius 3 is 1.91 bits per heavy atom. The molecule has 178 valence electrons. The Bertz CT molecular complexity index is 1200. The van der Waals surface area contributed by atoms with Crippen molar-refractivity contribution in [3.63, 3.8) is 0 Å². The summed E-state index contributed by atoms with van der Waals surface area (Å²) < 4.78 is 40.2. The Morgan fingerprint density at radius 1 is 0.886 bits per heavy atom. The molecule has 3 aromatic carbocycles. The lowest BCUT2D eigenvalue weighted by atomic mass is 9.83. The van der Waals surface area contributed by atoms with Crippen LogP contribution in [0.5, 0.6) is 0 Å². The van der Waals surface area contributed by atoms with Gasteiger partial charge in [-0.2, -0.15) is 18.4 Å².